The van der Waals surface area contributed by atoms with Crippen molar-refractivity contribution in [1.82, 2.24) is 0 Å². The Labute approximate surface area is 56.1 Å². The molecule has 0 saturated heterocycles. The molecule has 0 aromatic heterocycles. The maximum Gasteiger partial charge on any atom is 0.0514 e. The van der Waals surface area contributed by atoms with Crippen molar-refractivity contribution in [2.45, 2.75) is 38.3 Å². The Bertz CT molecular complexity index is 86.9. The highest BCUT2D eigenvalue weighted by Crippen LogP contribution is 2.29. The van der Waals surface area contributed by atoms with Crippen LogP contribution < -0.4 is 5.73 Å². The average Bonchev–Trinajstić information content (AvgIpc) is 1.60. The molecule has 0 radical (unpaired) electrons. The van der Waals surface area contributed by atoms with E-state index in [0.717, 1.165) is 19.3 Å². The molecule has 9 heavy (non-hydrogen) atoms. The maximum atomic E-state index is 8.93. The minimum atomic E-state index is -0.137. The summed E-state index contributed by atoms with van der Waals surface area (Å²) in [6.07, 6.45) is 3.03. The quantitative estimate of drug-likeness (QED) is 0.570. The Kier molecular flexibility index (Phi) is 2.09. The standard InChI is InChI=1S/C7H15NO/c1-5(9)2-6-3-7(8)4-6/h5-7,9H,2-4,8H2,1H3/t5?,6-,7-. The summed E-state index contributed by atoms with van der Waals surface area (Å²) >= 11 is 0. The fourth-order valence-corrected chi connectivity index (χ4v) is 1.46. The van der Waals surface area contributed by atoms with Gasteiger partial charge in [0, 0.05) is 6.04 Å². The Morgan fingerprint density at radius 1 is 1.67 bits per heavy atom. The Hall–Kier alpha value is -0.0800. The van der Waals surface area contributed by atoms with Crippen LogP contribution in [0.2, 0.25) is 0 Å². The summed E-state index contributed by atoms with van der Waals surface area (Å²) in [5, 5.41) is 8.93. The van der Waals surface area contributed by atoms with Gasteiger partial charge in [0.2, 0.25) is 0 Å². The highest BCUT2D eigenvalue weighted by Gasteiger charge is 2.26. The molecule has 1 atom stereocenters. The smallest absolute Gasteiger partial charge is 0.0514 e. The summed E-state index contributed by atoms with van der Waals surface area (Å²) in [6.45, 7) is 1.84. The topological polar surface area (TPSA) is 46.2 Å². The van der Waals surface area contributed by atoms with Gasteiger partial charge >= 0.3 is 0 Å². The van der Waals surface area contributed by atoms with E-state index in [-0.39, 0.29) is 6.10 Å². The van der Waals surface area contributed by atoms with E-state index in [1.807, 2.05) is 6.92 Å². The van der Waals surface area contributed by atoms with Crippen molar-refractivity contribution < 1.29 is 5.11 Å². The summed E-state index contributed by atoms with van der Waals surface area (Å²) in [7, 11) is 0. The third-order valence-corrected chi connectivity index (χ3v) is 1.95. The van der Waals surface area contributed by atoms with Crippen molar-refractivity contribution in [3.63, 3.8) is 0 Å². The van der Waals surface area contributed by atoms with E-state index in [4.69, 9.17) is 10.8 Å². The minimum absolute atomic E-state index is 0.137. The molecular formula is C7H15NO. The molecule has 1 rings (SSSR count). The van der Waals surface area contributed by atoms with Crippen molar-refractivity contribution in [3.05, 3.63) is 0 Å². The molecule has 0 aromatic carbocycles. The predicted molar refractivity (Wildman–Crippen MR) is 37.0 cm³/mol. The first kappa shape index (κ1) is 7.03. The number of nitrogens with two attached hydrogens (primary N) is 1. The lowest BCUT2D eigenvalue weighted by Gasteiger charge is -2.33. The van der Waals surface area contributed by atoms with E-state index in [9.17, 15) is 0 Å². The summed E-state index contributed by atoms with van der Waals surface area (Å²) in [5.41, 5.74) is 5.56. The van der Waals surface area contributed by atoms with E-state index in [0.29, 0.717) is 12.0 Å². The second kappa shape index (κ2) is 2.67. The molecule has 0 bridgehead atoms. The fraction of sp³-hybridized carbons (Fsp3) is 1.00. The van der Waals surface area contributed by atoms with Crippen LogP contribution in [0.3, 0.4) is 0 Å². The number of aliphatic hydroxyl groups is 1. The monoisotopic (exact) mass is 129 g/mol. The molecule has 1 aliphatic carbocycles. The predicted octanol–water partition coefficient (Wildman–Crippen LogP) is 0.495. The lowest BCUT2D eigenvalue weighted by molar-refractivity contribution is 0.123. The van der Waals surface area contributed by atoms with Gasteiger partial charge in [0.25, 0.3) is 0 Å². The molecule has 1 fully saturated rings. The Balaban J connectivity index is 2.04. The average molecular weight is 129 g/mol. The molecule has 1 aliphatic rings. The second-order valence-corrected chi connectivity index (χ2v) is 3.18. The van der Waals surface area contributed by atoms with Crippen LogP contribution >= 0.6 is 0 Å². The molecule has 54 valence electrons. The lowest BCUT2D eigenvalue weighted by atomic mass is 9.78. The first-order valence-corrected chi connectivity index (χ1v) is 3.62. The zero-order valence-corrected chi connectivity index (χ0v) is 5.88. The van der Waals surface area contributed by atoms with Gasteiger partial charge in [-0.2, -0.15) is 0 Å². The van der Waals surface area contributed by atoms with Crippen molar-refractivity contribution in [1.29, 1.82) is 0 Å². The summed E-state index contributed by atoms with van der Waals surface area (Å²) < 4.78 is 0. The van der Waals surface area contributed by atoms with Crippen molar-refractivity contribution in [2.75, 3.05) is 0 Å². The summed E-state index contributed by atoms with van der Waals surface area (Å²) in [4.78, 5) is 0. The van der Waals surface area contributed by atoms with Crippen LogP contribution in [0, 0.1) is 5.92 Å². The molecule has 2 nitrogen and oxygen atoms in total. The van der Waals surface area contributed by atoms with Crippen LogP contribution in [0.5, 0.6) is 0 Å². The molecule has 0 aliphatic heterocycles. The molecule has 1 unspecified atom stereocenters. The van der Waals surface area contributed by atoms with E-state index >= 15 is 0 Å². The van der Waals surface area contributed by atoms with Crippen molar-refractivity contribution >= 4 is 0 Å². The summed E-state index contributed by atoms with van der Waals surface area (Å²) in [6, 6.07) is 0.425. The Morgan fingerprint density at radius 3 is 2.56 bits per heavy atom. The highest BCUT2D eigenvalue weighted by atomic mass is 16.3. The van der Waals surface area contributed by atoms with Gasteiger partial charge in [-0.1, -0.05) is 0 Å². The molecule has 0 amide bonds. The van der Waals surface area contributed by atoms with E-state index < -0.39 is 0 Å². The Morgan fingerprint density at radius 2 is 2.22 bits per heavy atom. The normalized spacial score (nSPS) is 37.7. The number of aliphatic hydroxyl groups excluding tert-OH is 1. The molecule has 0 heterocycles. The van der Waals surface area contributed by atoms with Crippen molar-refractivity contribution in [2.24, 2.45) is 11.7 Å². The van der Waals surface area contributed by atoms with E-state index in [2.05, 4.69) is 0 Å². The fourth-order valence-electron chi connectivity index (χ4n) is 1.46. The van der Waals surface area contributed by atoms with Crippen LogP contribution in [0.15, 0.2) is 0 Å². The lowest BCUT2D eigenvalue weighted by Crippen LogP contribution is -2.37. The largest absolute Gasteiger partial charge is 0.393 e. The van der Waals surface area contributed by atoms with Gasteiger partial charge in [-0.25, -0.2) is 0 Å². The minimum Gasteiger partial charge on any atom is -0.393 e. The van der Waals surface area contributed by atoms with Crippen LogP contribution in [0.25, 0.3) is 0 Å². The van der Waals surface area contributed by atoms with Crippen LogP contribution in [0.4, 0.5) is 0 Å². The number of rotatable bonds is 2. The second-order valence-electron chi connectivity index (χ2n) is 3.18. The van der Waals surface area contributed by atoms with Gasteiger partial charge in [0.05, 0.1) is 6.10 Å². The van der Waals surface area contributed by atoms with Crippen LogP contribution in [-0.4, -0.2) is 17.3 Å². The maximum absolute atomic E-state index is 8.93. The number of hydrogen-bond donors (Lipinski definition) is 2. The third kappa shape index (κ3) is 1.95. The SMILES string of the molecule is CC(O)C[C@H]1C[C@H](N)C1. The van der Waals surface area contributed by atoms with Gasteiger partial charge in [-0.3, -0.25) is 0 Å². The van der Waals surface area contributed by atoms with Crippen molar-refractivity contribution in [3.8, 4) is 0 Å². The summed E-state index contributed by atoms with van der Waals surface area (Å²) in [5.74, 6) is 0.708. The first-order chi connectivity index (χ1) is 4.18. The van der Waals surface area contributed by atoms with Gasteiger partial charge in [0.15, 0.2) is 0 Å². The third-order valence-electron chi connectivity index (χ3n) is 1.95. The van der Waals surface area contributed by atoms with E-state index in [1.165, 1.54) is 0 Å². The van der Waals surface area contributed by atoms with Crippen LogP contribution in [-0.2, 0) is 0 Å². The van der Waals surface area contributed by atoms with E-state index in [1.54, 1.807) is 0 Å². The molecule has 0 spiro atoms. The van der Waals surface area contributed by atoms with Gasteiger partial charge in [-0.15, -0.1) is 0 Å². The zero-order chi connectivity index (χ0) is 6.85. The first-order valence-electron chi connectivity index (χ1n) is 3.62. The van der Waals surface area contributed by atoms with Crippen LogP contribution in [0.1, 0.15) is 26.2 Å². The molecular weight excluding hydrogens is 114 g/mol. The number of hydrogen-bond acceptors (Lipinski definition) is 2. The van der Waals surface area contributed by atoms with Gasteiger partial charge in [0.1, 0.15) is 0 Å². The molecule has 0 aromatic rings. The molecule has 1 saturated carbocycles. The molecule has 2 heteroatoms. The molecule has 3 N–H and O–H groups in total. The highest BCUT2D eigenvalue weighted by molar-refractivity contribution is 4.82. The van der Waals surface area contributed by atoms with Gasteiger partial charge in [-0.05, 0) is 32.1 Å². The zero-order valence-electron chi connectivity index (χ0n) is 5.88. The van der Waals surface area contributed by atoms with Gasteiger partial charge < -0.3 is 10.8 Å².